The molecular formula is C32H37N7O7. The molecule has 1 aromatic heterocycles. The fraction of sp³-hybridized carbons (Fsp3) is 0.406. The fourth-order valence-corrected chi connectivity index (χ4v) is 5.74. The Morgan fingerprint density at radius 2 is 1.80 bits per heavy atom. The van der Waals surface area contributed by atoms with Crippen molar-refractivity contribution in [1.82, 2.24) is 30.8 Å². The van der Waals surface area contributed by atoms with Crippen LogP contribution in [0.5, 0.6) is 0 Å². The van der Waals surface area contributed by atoms with Crippen molar-refractivity contribution in [2.75, 3.05) is 19.6 Å². The van der Waals surface area contributed by atoms with Crippen molar-refractivity contribution in [3.8, 4) is 0 Å². The number of nitrogens with one attached hydrogen (secondary N) is 4. The molecule has 5 rings (SSSR count). The van der Waals surface area contributed by atoms with Gasteiger partial charge in [0, 0.05) is 13.1 Å². The number of fused-ring (bicyclic) bond motifs is 1. The smallest absolute Gasteiger partial charge is 0.407 e. The lowest BCUT2D eigenvalue weighted by molar-refractivity contribution is -0.141. The number of aromatic amines is 1. The molecule has 46 heavy (non-hydrogen) atoms. The maximum absolute atomic E-state index is 13.5. The lowest BCUT2D eigenvalue weighted by atomic mass is 10.0. The van der Waals surface area contributed by atoms with Gasteiger partial charge in [-0.05, 0) is 61.6 Å². The topological polar surface area (TPSA) is 206 Å². The van der Waals surface area contributed by atoms with E-state index in [1.165, 1.54) is 11.2 Å². The highest BCUT2D eigenvalue weighted by molar-refractivity contribution is 6.37. The number of alkyl carbamates (subject to hydrolysis) is 1. The van der Waals surface area contributed by atoms with Crippen molar-refractivity contribution in [2.24, 2.45) is 11.1 Å². The molecular weight excluding hydrogens is 594 g/mol. The molecule has 1 saturated carbocycles. The minimum absolute atomic E-state index is 0.106. The monoisotopic (exact) mass is 631 g/mol. The number of ketones is 1. The molecule has 2 fully saturated rings. The van der Waals surface area contributed by atoms with Gasteiger partial charge in [0.05, 0.1) is 30.0 Å². The van der Waals surface area contributed by atoms with E-state index in [1.54, 1.807) is 18.2 Å². The second-order valence-corrected chi connectivity index (χ2v) is 11.8. The number of para-hydroxylation sites is 1. The van der Waals surface area contributed by atoms with Crippen molar-refractivity contribution in [1.29, 1.82) is 0 Å². The van der Waals surface area contributed by atoms with Gasteiger partial charge in [-0.3, -0.25) is 24.0 Å². The normalized spacial score (nSPS) is 16.9. The van der Waals surface area contributed by atoms with E-state index >= 15 is 0 Å². The minimum atomic E-state index is -1.18. The fourth-order valence-electron chi connectivity index (χ4n) is 5.74. The summed E-state index contributed by atoms with van der Waals surface area (Å²) in [6.07, 6.45) is 3.96. The number of nitrogens with two attached hydrogens (primary N) is 1. The average molecular weight is 632 g/mol. The summed E-state index contributed by atoms with van der Waals surface area (Å²) in [6.45, 7) is 0.413. The Bertz CT molecular complexity index is 1620. The first kappa shape index (κ1) is 32.1. The zero-order valence-corrected chi connectivity index (χ0v) is 25.3. The van der Waals surface area contributed by atoms with Gasteiger partial charge in [-0.25, -0.2) is 9.78 Å². The quantitative estimate of drug-likeness (QED) is 0.129. The summed E-state index contributed by atoms with van der Waals surface area (Å²) in [7, 11) is 0. The van der Waals surface area contributed by atoms with E-state index in [0.717, 1.165) is 18.4 Å². The molecule has 2 heterocycles. The SMILES string of the molecule is NC(=O)C(=O)C(CCCCNC(=O)OCc1ccccc1)NC(=O)[C@@H]1CC2(CC2)CN1C(=O)CNC(=O)c1cccc2[nH]cnc12. The van der Waals surface area contributed by atoms with Crippen molar-refractivity contribution < 1.29 is 33.5 Å². The molecule has 1 spiro atoms. The van der Waals surface area contributed by atoms with Crippen LogP contribution in [0.4, 0.5) is 4.79 Å². The van der Waals surface area contributed by atoms with Crippen molar-refractivity contribution in [2.45, 2.75) is 57.2 Å². The first-order valence-corrected chi connectivity index (χ1v) is 15.2. The number of likely N-dealkylation sites (tertiary alicyclic amines) is 1. The Balaban J connectivity index is 1.12. The molecule has 3 aromatic rings. The van der Waals surface area contributed by atoms with Crippen molar-refractivity contribution in [3.05, 3.63) is 66.0 Å². The van der Waals surface area contributed by atoms with Gasteiger partial charge >= 0.3 is 6.09 Å². The van der Waals surface area contributed by atoms with Crippen molar-refractivity contribution >= 4 is 46.5 Å². The standard InChI is InChI=1S/C32H37N7O7/c33-28(42)27(41)23(10-4-5-14-34-31(45)46-17-20-7-2-1-3-8-20)38-30(44)24-15-32(12-13-32)18-39(24)25(40)16-35-29(43)21-9-6-11-22-26(21)37-19-36-22/h1-3,6-9,11,19,23-24H,4-5,10,12-18H2,(H2,33,42)(H,34,45)(H,35,43)(H,36,37)(H,38,44)/t23?,24-/m0/s1. The number of carbonyl (C=O) groups is 6. The molecule has 0 bridgehead atoms. The first-order chi connectivity index (χ1) is 22.2. The van der Waals surface area contributed by atoms with Crippen LogP contribution >= 0.6 is 0 Å². The number of unbranched alkanes of at least 4 members (excludes halogenated alkanes) is 1. The number of hydrogen-bond acceptors (Lipinski definition) is 8. The Labute approximate surface area is 264 Å². The van der Waals surface area contributed by atoms with Gasteiger partial charge in [0.25, 0.3) is 11.8 Å². The lowest BCUT2D eigenvalue weighted by Gasteiger charge is -2.26. The third kappa shape index (κ3) is 7.86. The van der Waals surface area contributed by atoms with Crippen LogP contribution < -0.4 is 21.7 Å². The van der Waals surface area contributed by atoms with Gasteiger partial charge in [0.15, 0.2) is 0 Å². The second kappa shape index (κ2) is 14.2. The van der Waals surface area contributed by atoms with Crippen LogP contribution in [0.1, 0.15) is 54.4 Å². The number of imidazole rings is 1. The summed E-state index contributed by atoms with van der Waals surface area (Å²) in [4.78, 5) is 84.5. The molecule has 14 heteroatoms. The zero-order valence-electron chi connectivity index (χ0n) is 25.3. The number of Topliss-reactive ketones (excluding diaryl/α,β-unsaturated/α-hetero) is 1. The summed E-state index contributed by atoms with van der Waals surface area (Å²) >= 11 is 0. The summed E-state index contributed by atoms with van der Waals surface area (Å²) in [5, 5.41) is 7.91. The van der Waals surface area contributed by atoms with Gasteiger partial charge < -0.3 is 36.3 Å². The van der Waals surface area contributed by atoms with Crippen molar-refractivity contribution in [3.63, 3.8) is 0 Å². The predicted octanol–water partition coefficient (Wildman–Crippen LogP) is 1.31. The molecule has 6 N–H and O–H groups in total. The Morgan fingerprint density at radius 3 is 2.54 bits per heavy atom. The molecule has 242 valence electrons. The van der Waals surface area contributed by atoms with Crippen LogP contribution in [-0.4, -0.2) is 82.1 Å². The van der Waals surface area contributed by atoms with Gasteiger partial charge in [-0.15, -0.1) is 0 Å². The number of rotatable bonds is 14. The minimum Gasteiger partial charge on any atom is -0.445 e. The Hall–Kier alpha value is -5.27. The number of H-pyrrole nitrogens is 1. The number of primary amides is 1. The van der Waals surface area contributed by atoms with Crippen LogP contribution in [0.15, 0.2) is 54.9 Å². The molecule has 5 amide bonds. The van der Waals surface area contributed by atoms with Gasteiger partial charge in [-0.2, -0.15) is 0 Å². The summed E-state index contributed by atoms with van der Waals surface area (Å²) in [6, 6.07) is 12.3. The Kier molecular flexibility index (Phi) is 9.94. The van der Waals surface area contributed by atoms with E-state index in [4.69, 9.17) is 10.5 Å². The van der Waals surface area contributed by atoms with E-state index in [1.807, 2.05) is 30.3 Å². The highest BCUT2D eigenvalue weighted by Crippen LogP contribution is 2.54. The molecule has 2 aliphatic rings. The highest BCUT2D eigenvalue weighted by atomic mass is 16.5. The molecule has 1 saturated heterocycles. The number of hydrogen-bond donors (Lipinski definition) is 5. The van der Waals surface area contributed by atoms with Crippen LogP contribution in [0.2, 0.25) is 0 Å². The molecule has 1 unspecified atom stereocenters. The molecule has 2 aromatic carbocycles. The van der Waals surface area contributed by atoms with E-state index in [-0.39, 0.29) is 31.5 Å². The van der Waals surface area contributed by atoms with Gasteiger partial charge in [0.2, 0.25) is 17.6 Å². The van der Waals surface area contributed by atoms with E-state index < -0.39 is 47.6 Å². The number of benzene rings is 2. The number of amides is 5. The maximum Gasteiger partial charge on any atom is 0.407 e. The predicted molar refractivity (Wildman–Crippen MR) is 165 cm³/mol. The third-order valence-electron chi connectivity index (χ3n) is 8.46. The van der Waals surface area contributed by atoms with E-state index in [9.17, 15) is 28.8 Å². The van der Waals surface area contributed by atoms with Gasteiger partial charge in [-0.1, -0.05) is 36.4 Å². The van der Waals surface area contributed by atoms with E-state index in [0.29, 0.717) is 42.4 Å². The molecule has 0 radical (unpaired) electrons. The average Bonchev–Trinajstić information content (AvgIpc) is 3.44. The van der Waals surface area contributed by atoms with Crippen LogP contribution in [0.25, 0.3) is 11.0 Å². The molecule has 14 nitrogen and oxygen atoms in total. The summed E-state index contributed by atoms with van der Waals surface area (Å²) in [5.41, 5.74) is 7.42. The molecule has 1 aliphatic carbocycles. The number of carbonyl (C=O) groups excluding carboxylic acids is 6. The zero-order chi connectivity index (χ0) is 32.7. The van der Waals surface area contributed by atoms with Gasteiger partial charge in [0.1, 0.15) is 18.2 Å². The number of aromatic nitrogens is 2. The largest absolute Gasteiger partial charge is 0.445 e. The lowest BCUT2D eigenvalue weighted by Crippen LogP contribution is -2.53. The summed E-state index contributed by atoms with van der Waals surface area (Å²) < 4.78 is 5.17. The third-order valence-corrected chi connectivity index (χ3v) is 8.46. The molecule has 2 atom stereocenters. The first-order valence-electron chi connectivity index (χ1n) is 15.2. The molecule has 1 aliphatic heterocycles. The number of nitrogens with zero attached hydrogens (tertiary/aromatic N) is 2. The van der Waals surface area contributed by atoms with Crippen LogP contribution in [0, 0.1) is 5.41 Å². The van der Waals surface area contributed by atoms with Crippen LogP contribution in [0.3, 0.4) is 0 Å². The second-order valence-electron chi connectivity index (χ2n) is 11.8. The summed E-state index contributed by atoms with van der Waals surface area (Å²) in [5.74, 6) is -3.60. The number of ether oxygens (including phenoxy) is 1. The van der Waals surface area contributed by atoms with E-state index in [2.05, 4.69) is 25.9 Å². The van der Waals surface area contributed by atoms with Crippen LogP contribution in [-0.2, 0) is 30.5 Å². The Morgan fingerprint density at radius 1 is 1.02 bits per heavy atom. The maximum atomic E-state index is 13.5. The highest BCUT2D eigenvalue weighted by Gasteiger charge is 2.55.